The third kappa shape index (κ3) is 26.0. The van der Waals surface area contributed by atoms with E-state index in [2.05, 4.69) is 103 Å². The van der Waals surface area contributed by atoms with Crippen LogP contribution in [0.3, 0.4) is 0 Å². The predicted octanol–water partition coefficient (Wildman–Crippen LogP) is 25.5. The lowest BCUT2D eigenvalue weighted by atomic mass is 10.1. The Balaban J connectivity index is 0.662. The molecule has 0 spiro atoms. The molecule has 0 bridgehead atoms. The van der Waals surface area contributed by atoms with Crippen molar-refractivity contribution in [2.45, 2.75) is 73.2 Å². The van der Waals surface area contributed by atoms with Gasteiger partial charge in [-0.25, -0.2) is 4.98 Å². The van der Waals surface area contributed by atoms with Crippen LogP contribution in [-0.2, 0) is 66.4 Å². The molecule has 670 valence electrons. The number of anilines is 6. The molecule has 42 heteroatoms. The molecule has 13 aromatic carbocycles. The van der Waals surface area contributed by atoms with Crippen LogP contribution in [0.4, 0.5) is 126 Å². The molecule has 2 heterocycles. The zero-order chi connectivity index (χ0) is 93.9. The van der Waals surface area contributed by atoms with Crippen molar-refractivity contribution in [1.29, 1.82) is 0 Å². The van der Waals surface area contributed by atoms with Gasteiger partial charge in [-0.2, -0.15) is 130 Å². The topological polar surface area (TPSA) is 541 Å². The molecule has 0 aliphatic carbocycles. The summed E-state index contributed by atoms with van der Waals surface area (Å²) in [7, 11) is -18.3. The van der Waals surface area contributed by atoms with Crippen LogP contribution in [0.1, 0.15) is 56.2 Å². The molecule has 0 saturated carbocycles. The van der Waals surface area contributed by atoms with Crippen LogP contribution >= 0.6 is 0 Å². The Morgan fingerprint density at radius 3 is 0.866 bits per heavy atom. The van der Waals surface area contributed by atoms with Crippen molar-refractivity contribution in [1.82, 2.24) is 29.9 Å². The molecule has 134 heavy (non-hydrogen) atoms. The lowest BCUT2D eigenvalue weighted by molar-refractivity contribution is 0.481. The summed E-state index contributed by atoms with van der Waals surface area (Å²) in [6, 6.07) is 79.5. The molecule has 15 rings (SSSR count). The van der Waals surface area contributed by atoms with E-state index in [0.717, 1.165) is 45.5 Å². The number of nitrogens with one attached hydrogen (secondary N) is 4. The molecule has 0 aliphatic heterocycles. The SMILES string of the molecule is Cc1cc(Cc2nc(Cc3ccc(N=Nc4ccc(N=Nc5ccccc5)cc4S(=O)(=O)O)c(C)c3)nc(NCc3cccc(CNc4nc(Nc5ccc(N=Nc6ccc(N=Nc7ccc(S(=O)(=O)O)cc7)cc6)c(C)c5)nc(Nc5ccc(N=Nc6ccc(N=Nc7ccccc7)cc6S(=O)(=O)O)c(C)c5)n4)c3)n2)ccc1N=Nc1ccc(N=Nc2ccc(S(=O)(=O)O)cc2)cc1. The van der Waals surface area contributed by atoms with E-state index in [4.69, 9.17) is 29.9 Å². The molecule has 0 aliphatic rings. The highest BCUT2D eigenvalue weighted by atomic mass is 32.2. The van der Waals surface area contributed by atoms with E-state index >= 15 is 0 Å². The van der Waals surface area contributed by atoms with Crippen molar-refractivity contribution >= 4 is 167 Å². The number of nitrogens with zero attached hydrogens (tertiary/aromatic N) is 22. The second-order valence-corrected chi connectivity index (χ2v) is 35.3. The van der Waals surface area contributed by atoms with Gasteiger partial charge in [0.1, 0.15) is 32.8 Å². The minimum Gasteiger partial charge on any atom is -0.350 e. The van der Waals surface area contributed by atoms with Crippen molar-refractivity contribution in [3.05, 3.63) is 347 Å². The first kappa shape index (κ1) is 92.2. The van der Waals surface area contributed by atoms with Gasteiger partial charge >= 0.3 is 0 Å². The fourth-order valence-corrected chi connectivity index (χ4v) is 15.1. The molecular weight excluding hydrogens is 1790 g/mol. The van der Waals surface area contributed by atoms with E-state index in [9.17, 15) is 51.9 Å². The van der Waals surface area contributed by atoms with Crippen LogP contribution in [0.5, 0.6) is 0 Å². The van der Waals surface area contributed by atoms with Gasteiger partial charge in [-0.05, 0) is 278 Å². The predicted molar refractivity (Wildman–Crippen MR) is 502 cm³/mol. The summed E-state index contributed by atoms with van der Waals surface area (Å²) in [5, 5.41) is 81.8. The Labute approximate surface area is 767 Å². The molecule has 38 nitrogen and oxygen atoms in total. The van der Waals surface area contributed by atoms with E-state index < -0.39 is 50.3 Å². The van der Waals surface area contributed by atoms with Gasteiger partial charge in [0, 0.05) is 37.3 Å². The van der Waals surface area contributed by atoms with Crippen molar-refractivity contribution < 1.29 is 51.9 Å². The number of hydrogen-bond acceptors (Lipinski definition) is 34. The second kappa shape index (κ2) is 41.5. The first-order chi connectivity index (χ1) is 64.4. The number of hydrogen-bond donors (Lipinski definition) is 8. The summed E-state index contributed by atoms with van der Waals surface area (Å²) in [4.78, 5) is 27.7. The molecule has 0 saturated heterocycles. The van der Waals surface area contributed by atoms with E-state index in [1.807, 2.05) is 93.6 Å². The maximum absolute atomic E-state index is 12.7. The quantitative estimate of drug-likeness (QED) is 0.0137. The Morgan fingerprint density at radius 1 is 0.239 bits per heavy atom. The maximum Gasteiger partial charge on any atom is 0.296 e. The normalized spacial score (nSPS) is 12.3. The van der Waals surface area contributed by atoms with E-state index in [-0.39, 0.29) is 82.3 Å². The van der Waals surface area contributed by atoms with Gasteiger partial charge in [0.2, 0.25) is 23.8 Å². The minimum atomic E-state index is -4.79. The van der Waals surface area contributed by atoms with Gasteiger partial charge in [-0.15, -0.1) is 10.2 Å². The van der Waals surface area contributed by atoms with Gasteiger partial charge in [0.05, 0.1) is 89.4 Å². The van der Waals surface area contributed by atoms with E-state index in [1.165, 1.54) is 72.8 Å². The highest BCUT2D eigenvalue weighted by Gasteiger charge is 2.22. The molecule has 8 N–H and O–H groups in total. The standard InChI is InChI=1S/C92H76N26O12S4/c1-57-46-61(18-40-79(57)113-109-69-24-20-67(21-25-69)105-107-71-28-36-77(37-29-71)131(119,120)121)51-87-97-88(52-62-19-41-80(58(2)47-62)115-117-83-44-34-75(53-85(83)133(125,126)127)111-103-65-14-7-5-8-15-65)99-89(98-87)93-55-63-12-11-13-64(50-63)56-94-90-100-91(95-73-32-42-81(59(3)48-73)114-110-70-26-22-68(23-27-70)106-108-72-30-38-78(39-31-72)132(122,123)124)102-92(101-90)96-74-33-43-82(60(4)49-74)116-118-84-45-35-76(54-86(84)134(128,129)130)112-104-66-16-9-6-10-17-66/h5-50,53-54H,51-52,55-56H2,1-4H3,(H,119,120,121)(H,122,123,124)(H,125,126,127)(H,128,129,130)(H,93,97,98,99)(H3,94,95,96,100,101,102). The zero-order valence-electron chi connectivity index (χ0n) is 71.1. The van der Waals surface area contributed by atoms with Crippen molar-refractivity contribution in [3.63, 3.8) is 0 Å². The smallest absolute Gasteiger partial charge is 0.296 e. The first-order valence-electron chi connectivity index (χ1n) is 40.4. The largest absolute Gasteiger partial charge is 0.350 e. The number of benzene rings is 13. The Bertz CT molecular complexity index is 7220. The summed E-state index contributed by atoms with van der Waals surface area (Å²) in [5.41, 5.74) is 13.2. The lowest BCUT2D eigenvalue weighted by Gasteiger charge is -2.13. The molecular formula is C92H76N26O12S4. The average molecular weight is 1870 g/mol. The summed E-state index contributed by atoms with van der Waals surface area (Å²) >= 11 is 0. The van der Waals surface area contributed by atoms with Gasteiger partial charge in [0.15, 0.2) is 0 Å². The first-order valence-corrected chi connectivity index (χ1v) is 46.2. The molecule has 0 amide bonds. The second-order valence-electron chi connectivity index (χ2n) is 29.7. The lowest BCUT2D eigenvalue weighted by Crippen LogP contribution is -2.12. The molecule has 0 atom stereocenters. The molecule has 0 fully saturated rings. The maximum atomic E-state index is 12.7. The van der Waals surface area contributed by atoms with Crippen molar-refractivity contribution in [2.24, 2.45) is 81.8 Å². The summed E-state index contributed by atoms with van der Waals surface area (Å²) < 4.78 is 136. The Kier molecular flexibility index (Phi) is 28.6. The molecule has 0 radical (unpaired) electrons. The van der Waals surface area contributed by atoms with Crippen LogP contribution < -0.4 is 21.3 Å². The highest BCUT2D eigenvalue weighted by Crippen LogP contribution is 2.38. The van der Waals surface area contributed by atoms with Gasteiger partial charge in [-0.1, -0.05) is 84.9 Å². The number of azo groups is 8. The Morgan fingerprint density at radius 2 is 0.522 bits per heavy atom. The van der Waals surface area contributed by atoms with Crippen LogP contribution in [0.15, 0.2) is 393 Å². The fourth-order valence-electron chi connectivity index (χ4n) is 12.8. The van der Waals surface area contributed by atoms with Crippen molar-refractivity contribution in [2.75, 3.05) is 21.3 Å². The highest BCUT2D eigenvalue weighted by molar-refractivity contribution is 7.86. The van der Waals surface area contributed by atoms with Crippen LogP contribution in [0.2, 0.25) is 0 Å². The fraction of sp³-hybridized carbons (Fsp3) is 0.0870. The number of aromatic nitrogens is 6. The minimum absolute atomic E-state index is 0.121. The zero-order valence-corrected chi connectivity index (χ0v) is 74.3. The van der Waals surface area contributed by atoms with E-state index in [0.29, 0.717) is 102 Å². The van der Waals surface area contributed by atoms with Crippen LogP contribution in [0, 0.1) is 27.7 Å². The third-order valence-electron chi connectivity index (χ3n) is 19.5. The van der Waals surface area contributed by atoms with Crippen molar-refractivity contribution in [3.8, 4) is 0 Å². The summed E-state index contributed by atoms with van der Waals surface area (Å²) in [5.74, 6) is 1.61. The van der Waals surface area contributed by atoms with Gasteiger partial charge in [0.25, 0.3) is 40.5 Å². The van der Waals surface area contributed by atoms with Gasteiger partial charge < -0.3 is 21.3 Å². The number of rotatable bonds is 34. The molecule has 0 unspecified atom stereocenters. The average Bonchev–Trinajstić information content (AvgIpc) is 0.810. The van der Waals surface area contributed by atoms with Crippen LogP contribution in [0.25, 0.3) is 0 Å². The van der Waals surface area contributed by atoms with E-state index in [1.54, 1.807) is 140 Å². The molecule has 2 aromatic heterocycles. The summed E-state index contributed by atoms with van der Waals surface area (Å²) in [6.07, 6.45) is 0.522. The number of aryl methyl sites for hydroxylation is 4. The Hall–Kier alpha value is -16.5. The summed E-state index contributed by atoms with van der Waals surface area (Å²) in [6.45, 7) is 7.87. The molecule has 15 aromatic rings. The van der Waals surface area contributed by atoms with Crippen LogP contribution in [-0.4, -0.2) is 81.8 Å². The van der Waals surface area contributed by atoms with Gasteiger partial charge in [-0.3, -0.25) is 18.2 Å². The monoisotopic (exact) mass is 1860 g/mol. The third-order valence-corrected chi connectivity index (χ3v) is 23.0.